The number of aromatic nitrogens is 4. The molecule has 1 N–H and O–H groups in total. The van der Waals surface area contributed by atoms with Crippen molar-refractivity contribution in [1.82, 2.24) is 25.5 Å². The summed E-state index contributed by atoms with van der Waals surface area (Å²) >= 11 is 1.41. The van der Waals surface area contributed by atoms with Crippen molar-refractivity contribution in [3.63, 3.8) is 0 Å². The number of tetrazole rings is 1. The Morgan fingerprint density at radius 2 is 2.10 bits per heavy atom. The summed E-state index contributed by atoms with van der Waals surface area (Å²) in [6, 6.07) is 0.336. The Bertz CT molecular complexity index is 416. The van der Waals surface area contributed by atoms with Gasteiger partial charge in [-0.05, 0) is 23.3 Å². The van der Waals surface area contributed by atoms with E-state index in [1.54, 1.807) is 0 Å². The van der Waals surface area contributed by atoms with Crippen molar-refractivity contribution in [1.29, 1.82) is 0 Å². The molecule has 2 rings (SSSR count). The van der Waals surface area contributed by atoms with Gasteiger partial charge in [-0.3, -0.25) is 0 Å². The third kappa shape index (κ3) is 4.62. The summed E-state index contributed by atoms with van der Waals surface area (Å²) in [4.78, 5) is 0. The minimum Gasteiger partial charge on any atom is -0.308 e. The zero-order valence-corrected chi connectivity index (χ0v) is 12.0. The highest BCUT2D eigenvalue weighted by Crippen LogP contribution is 2.32. The molecular formula is C11H18F3N5S. The van der Waals surface area contributed by atoms with Crippen LogP contribution in [0.4, 0.5) is 13.2 Å². The maximum absolute atomic E-state index is 12.0. The van der Waals surface area contributed by atoms with E-state index in [1.165, 1.54) is 24.6 Å². The molecule has 0 aliphatic heterocycles. The van der Waals surface area contributed by atoms with E-state index in [0.717, 1.165) is 12.8 Å². The molecule has 0 bridgehead atoms. The second-order valence-electron chi connectivity index (χ2n) is 5.02. The first kappa shape index (κ1) is 15.6. The van der Waals surface area contributed by atoms with Crippen LogP contribution in [0.15, 0.2) is 5.16 Å². The molecule has 1 aromatic rings. The molecule has 9 heteroatoms. The van der Waals surface area contributed by atoms with Crippen molar-refractivity contribution >= 4 is 11.8 Å². The number of rotatable bonds is 6. The maximum atomic E-state index is 12.0. The molecule has 1 saturated carbocycles. The van der Waals surface area contributed by atoms with E-state index in [2.05, 4.69) is 20.8 Å². The van der Waals surface area contributed by atoms with E-state index in [1.807, 2.05) is 11.6 Å². The van der Waals surface area contributed by atoms with Gasteiger partial charge in [0.25, 0.3) is 0 Å². The van der Waals surface area contributed by atoms with Gasteiger partial charge in [0.2, 0.25) is 5.16 Å². The smallest absolute Gasteiger partial charge is 0.308 e. The van der Waals surface area contributed by atoms with Crippen LogP contribution in [-0.2, 0) is 0 Å². The van der Waals surface area contributed by atoms with Crippen LogP contribution in [0.5, 0.6) is 0 Å². The van der Waals surface area contributed by atoms with Crippen molar-refractivity contribution in [2.24, 2.45) is 0 Å². The largest absolute Gasteiger partial charge is 0.401 e. The van der Waals surface area contributed by atoms with E-state index in [0.29, 0.717) is 11.2 Å². The lowest BCUT2D eigenvalue weighted by molar-refractivity contribution is -0.124. The quantitative estimate of drug-likeness (QED) is 0.818. The van der Waals surface area contributed by atoms with Gasteiger partial charge < -0.3 is 5.32 Å². The van der Waals surface area contributed by atoms with Crippen LogP contribution in [0.25, 0.3) is 0 Å². The van der Waals surface area contributed by atoms with Gasteiger partial charge in [0, 0.05) is 11.8 Å². The average molecular weight is 309 g/mol. The SMILES string of the molecule is CC(CNCC(F)(F)F)Sc1nnnn1C1CCCC1. The fourth-order valence-electron chi connectivity index (χ4n) is 2.28. The highest BCUT2D eigenvalue weighted by atomic mass is 32.2. The molecule has 1 aliphatic rings. The predicted molar refractivity (Wildman–Crippen MR) is 69.6 cm³/mol. The number of hydrogen-bond donors (Lipinski definition) is 1. The summed E-state index contributed by atoms with van der Waals surface area (Å²) in [6.45, 7) is 1.16. The lowest BCUT2D eigenvalue weighted by Crippen LogP contribution is -2.32. The molecule has 0 spiro atoms. The number of halogens is 3. The van der Waals surface area contributed by atoms with E-state index >= 15 is 0 Å². The minimum absolute atomic E-state index is 0.0245. The molecule has 20 heavy (non-hydrogen) atoms. The molecule has 0 amide bonds. The summed E-state index contributed by atoms with van der Waals surface area (Å²) in [5.41, 5.74) is 0. The van der Waals surface area contributed by atoms with Crippen LogP contribution >= 0.6 is 11.8 Å². The van der Waals surface area contributed by atoms with Gasteiger partial charge in [-0.25, -0.2) is 4.68 Å². The Morgan fingerprint density at radius 1 is 1.40 bits per heavy atom. The van der Waals surface area contributed by atoms with E-state index in [-0.39, 0.29) is 11.8 Å². The fraction of sp³-hybridized carbons (Fsp3) is 0.909. The Balaban J connectivity index is 1.82. The maximum Gasteiger partial charge on any atom is 0.401 e. The van der Waals surface area contributed by atoms with Crippen molar-refractivity contribution in [3.05, 3.63) is 0 Å². The van der Waals surface area contributed by atoms with Gasteiger partial charge in [0.15, 0.2) is 0 Å². The topological polar surface area (TPSA) is 55.6 Å². The van der Waals surface area contributed by atoms with Gasteiger partial charge in [-0.2, -0.15) is 13.2 Å². The highest BCUT2D eigenvalue weighted by Gasteiger charge is 2.27. The first-order valence-corrected chi connectivity index (χ1v) is 7.55. The zero-order chi connectivity index (χ0) is 14.6. The monoisotopic (exact) mass is 309 g/mol. The highest BCUT2D eigenvalue weighted by molar-refractivity contribution is 7.99. The minimum atomic E-state index is -4.17. The van der Waals surface area contributed by atoms with Crippen LogP contribution in [0.3, 0.4) is 0 Å². The molecule has 0 radical (unpaired) electrons. The van der Waals surface area contributed by atoms with Gasteiger partial charge in [0.1, 0.15) is 0 Å². The van der Waals surface area contributed by atoms with Gasteiger partial charge >= 0.3 is 6.18 Å². The molecule has 0 aromatic carbocycles. The van der Waals surface area contributed by atoms with Crippen molar-refractivity contribution in [2.75, 3.05) is 13.1 Å². The van der Waals surface area contributed by atoms with Crippen molar-refractivity contribution in [2.45, 2.75) is 55.2 Å². The Labute approximate surface area is 119 Å². The van der Waals surface area contributed by atoms with Gasteiger partial charge in [0.05, 0.1) is 12.6 Å². The number of nitrogens with zero attached hydrogens (tertiary/aromatic N) is 4. The Kier molecular flexibility index (Phi) is 5.25. The molecular weight excluding hydrogens is 291 g/mol. The average Bonchev–Trinajstić information content (AvgIpc) is 2.96. The second kappa shape index (κ2) is 6.75. The molecule has 1 heterocycles. The summed E-state index contributed by atoms with van der Waals surface area (Å²) in [5, 5.41) is 14.7. The lowest BCUT2D eigenvalue weighted by Gasteiger charge is -2.15. The molecule has 1 unspecified atom stereocenters. The first-order valence-electron chi connectivity index (χ1n) is 6.67. The third-order valence-electron chi connectivity index (χ3n) is 3.20. The lowest BCUT2D eigenvalue weighted by atomic mass is 10.3. The summed E-state index contributed by atoms with van der Waals surface area (Å²) < 4.78 is 38.0. The van der Waals surface area contributed by atoms with E-state index in [9.17, 15) is 13.2 Å². The molecule has 1 aromatic heterocycles. The van der Waals surface area contributed by atoms with E-state index in [4.69, 9.17) is 0 Å². The zero-order valence-electron chi connectivity index (χ0n) is 11.2. The summed E-state index contributed by atoms with van der Waals surface area (Å²) in [6.07, 6.45) is 0.322. The molecule has 0 saturated heterocycles. The van der Waals surface area contributed by atoms with Crippen molar-refractivity contribution in [3.8, 4) is 0 Å². The van der Waals surface area contributed by atoms with E-state index < -0.39 is 12.7 Å². The number of hydrogen-bond acceptors (Lipinski definition) is 5. The van der Waals surface area contributed by atoms with Gasteiger partial charge in [-0.15, -0.1) is 5.10 Å². The van der Waals surface area contributed by atoms with Crippen molar-refractivity contribution < 1.29 is 13.2 Å². The van der Waals surface area contributed by atoms with Crippen LogP contribution < -0.4 is 5.32 Å². The molecule has 114 valence electrons. The summed E-state index contributed by atoms with van der Waals surface area (Å²) in [5.74, 6) is 0. The Morgan fingerprint density at radius 3 is 2.75 bits per heavy atom. The van der Waals surface area contributed by atoms with Crippen LogP contribution in [-0.4, -0.2) is 44.7 Å². The van der Waals surface area contributed by atoms with Crippen LogP contribution in [0.1, 0.15) is 38.6 Å². The van der Waals surface area contributed by atoms with Crippen LogP contribution in [0, 0.1) is 0 Å². The number of thioether (sulfide) groups is 1. The third-order valence-corrected chi connectivity index (χ3v) is 4.25. The second-order valence-corrected chi connectivity index (χ2v) is 6.42. The molecule has 1 fully saturated rings. The standard InChI is InChI=1S/C11H18F3N5S/c1-8(6-15-7-11(12,13)14)20-10-16-17-18-19(10)9-4-2-3-5-9/h8-9,15H,2-7H2,1H3. The van der Waals surface area contributed by atoms with Gasteiger partial charge in [-0.1, -0.05) is 31.5 Å². The summed E-state index contributed by atoms with van der Waals surface area (Å²) in [7, 11) is 0. The molecule has 5 nitrogen and oxygen atoms in total. The number of nitrogens with one attached hydrogen (secondary N) is 1. The molecule has 1 atom stereocenters. The molecule has 1 aliphatic carbocycles. The Hall–Kier alpha value is -0.830. The van der Waals surface area contributed by atoms with Crippen LogP contribution in [0.2, 0.25) is 0 Å². The normalized spacial score (nSPS) is 18.6. The number of alkyl halides is 3. The fourth-order valence-corrected chi connectivity index (χ4v) is 3.22. The first-order chi connectivity index (χ1) is 9.46. The predicted octanol–water partition coefficient (Wildman–Crippen LogP) is 2.42.